The Morgan fingerprint density at radius 3 is 2.61 bits per heavy atom. The van der Waals surface area contributed by atoms with Crippen molar-refractivity contribution in [2.45, 2.75) is 35.8 Å². The third kappa shape index (κ3) is 2.31. The highest BCUT2D eigenvalue weighted by Gasteiger charge is 2.49. The smallest absolute Gasteiger partial charge is 0.338 e. The minimum Gasteiger partial charge on any atom is -0.480 e. The number of aliphatic hydroxyl groups excluding tert-OH is 3. The number of hydrogen-bond donors (Lipinski definition) is 5. The molecule has 5 N–H and O–H groups in total. The van der Waals surface area contributed by atoms with E-state index in [0.29, 0.717) is 0 Å². The summed E-state index contributed by atoms with van der Waals surface area (Å²) < 4.78 is 4.67. The maximum Gasteiger partial charge on any atom is 0.338 e. The van der Waals surface area contributed by atoms with Crippen molar-refractivity contribution < 1.29 is 34.8 Å². The molecule has 2 rings (SSSR count). The first kappa shape index (κ1) is 13.6. The highest BCUT2D eigenvalue weighted by atomic mass is 32.2. The van der Waals surface area contributed by atoms with Gasteiger partial charge in [-0.2, -0.15) is 0 Å². The molecule has 2 fully saturated rings. The molecule has 102 valence electrons. The van der Waals surface area contributed by atoms with Crippen molar-refractivity contribution in [2.24, 2.45) is 0 Å². The van der Waals surface area contributed by atoms with E-state index in [1.165, 1.54) is 0 Å². The van der Waals surface area contributed by atoms with Gasteiger partial charge in [0, 0.05) is 5.75 Å². The summed E-state index contributed by atoms with van der Waals surface area (Å²) in [6, 6.07) is -0.797. The number of esters is 1. The summed E-state index contributed by atoms with van der Waals surface area (Å²) in [6.07, 6.45) is -5.74. The molecule has 6 atom stereocenters. The SMILES string of the molecule is O=C(O)[C@@H]1CS[C@@H]([C@H](O)[C@H]2OC(=O)[C@@H](O)[C@H]2O)N1. The zero-order valence-electron chi connectivity index (χ0n) is 9.09. The van der Waals surface area contributed by atoms with Crippen LogP contribution < -0.4 is 5.32 Å². The van der Waals surface area contributed by atoms with Crippen molar-refractivity contribution in [3.05, 3.63) is 0 Å². The van der Waals surface area contributed by atoms with Gasteiger partial charge in [-0.3, -0.25) is 10.1 Å². The van der Waals surface area contributed by atoms with Crippen LogP contribution in [-0.4, -0.2) is 73.9 Å². The van der Waals surface area contributed by atoms with Gasteiger partial charge in [0.25, 0.3) is 0 Å². The molecule has 2 aliphatic rings. The second kappa shape index (κ2) is 5.02. The van der Waals surface area contributed by atoms with Crippen LogP contribution in [0.3, 0.4) is 0 Å². The number of carbonyl (C=O) groups is 2. The van der Waals surface area contributed by atoms with E-state index in [1.54, 1.807) is 0 Å². The van der Waals surface area contributed by atoms with Crippen LogP contribution in [0.4, 0.5) is 0 Å². The maximum atomic E-state index is 11.0. The van der Waals surface area contributed by atoms with Gasteiger partial charge in [0.15, 0.2) is 12.2 Å². The van der Waals surface area contributed by atoms with Crippen molar-refractivity contribution in [1.29, 1.82) is 0 Å². The second-order valence-corrected chi connectivity index (χ2v) is 5.31. The van der Waals surface area contributed by atoms with Gasteiger partial charge in [-0.05, 0) is 0 Å². The number of carbonyl (C=O) groups excluding carboxylic acids is 1. The van der Waals surface area contributed by atoms with E-state index in [2.05, 4.69) is 10.1 Å². The summed E-state index contributed by atoms with van der Waals surface area (Å²) in [5.41, 5.74) is 0. The first-order valence-corrected chi connectivity index (χ1v) is 6.32. The number of nitrogens with one attached hydrogen (secondary N) is 1. The molecule has 0 bridgehead atoms. The molecule has 9 heteroatoms. The molecule has 0 aromatic heterocycles. The lowest BCUT2D eigenvalue weighted by molar-refractivity contribution is -0.151. The Morgan fingerprint density at radius 2 is 2.17 bits per heavy atom. The number of cyclic esters (lactones) is 1. The van der Waals surface area contributed by atoms with Gasteiger partial charge in [0.1, 0.15) is 18.2 Å². The highest BCUT2D eigenvalue weighted by molar-refractivity contribution is 8.00. The first-order valence-electron chi connectivity index (χ1n) is 5.27. The van der Waals surface area contributed by atoms with Gasteiger partial charge in [-0.15, -0.1) is 11.8 Å². The van der Waals surface area contributed by atoms with E-state index in [4.69, 9.17) is 5.11 Å². The van der Waals surface area contributed by atoms with Crippen molar-refractivity contribution >= 4 is 23.7 Å². The Hall–Kier alpha value is -0.870. The topological polar surface area (TPSA) is 136 Å². The quantitative estimate of drug-likeness (QED) is 0.345. The maximum absolute atomic E-state index is 11.0. The minimum atomic E-state index is -1.67. The molecule has 0 radical (unpaired) electrons. The zero-order valence-corrected chi connectivity index (χ0v) is 9.91. The van der Waals surface area contributed by atoms with E-state index in [1.807, 2.05) is 0 Å². The monoisotopic (exact) mass is 279 g/mol. The molecule has 2 aliphatic heterocycles. The number of aliphatic carboxylic acids is 1. The molecule has 2 saturated heterocycles. The summed E-state index contributed by atoms with van der Waals surface area (Å²) >= 11 is 1.15. The van der Waals surface area contributed by atoms with E-state index < -0.39 is 47.8 Å². The van der Waals surface area contributed by atoms with Crippen molar-refractivity contribution in [1.82, 2.24) is 5.32 Å². The summed E-state index contributed by atoms with van der Waals surface area (Å²) in [6.45, 7) is 0. The first-order chi connectivity index (χ1) is 8.41. The third-order valence-corrected chi connectivity index (χ3v) is 4.21. The summed E-state index contributed by atoms with van der Waals surface area (Å²) in [4.78, 5) is 21.7. The Morgan fingerprint density at radius 1 is 1.50 bits per heavy atom. The van der Waals surface area contributed by atoms with Gasteiger partial charge in [0.05, 0.1) is 5.37 Å². The molecule has 0 amide bonds. The number of carboxylic acids is 1. The van der Waals surface area contributed by atoms with Crippen molar-refractivity contribution in [3.8, 4) is 0 Å². The van der Waals surface area contributed by atoms with Crippen molar-refractivity contribution in [2.75, 3.05) is 5.75 Å². The number of rotatable bonds is 3. The average molecular weight is 279 g/mol. The second-order valence-electron chi connectivity index (χ2n) is 4.14. The molecule has 18 heavy (non-hydrogen) atoms. The predicted molar refractivity (Wildman–Crippen MR) is 58.7 cm³/mol. The predicted octanol–water partition coefficient (Wildman–Crippen LogP) is -2.89. The van der Waals surface area contributed by atoms with E-state index in [0.717, 1.165) is 11.8 Å². The Kier molecular flexibility index (Phi) is 3.78. The summed E-state index contributed by atoms with van der Waals surface area (Å²) in [5.74, 6) is -1.78. The van der Waals surface area contributed by atoms with Gasteiger partial charge in [0.2, 0.25) is 0 Å². The van der Waals surface area contributed by atoms with E-state index >= 15 is 0 Å². The number of aliphatic hydroxyl groups is 3. The van der Waals surface area contributed by atoms with Gasteiger partial charge >= 0.3 is 11.9 Å². The Labute approximate surface area is 106 Å². The molecular formula is C9H13NO7S. The molecule has 8 nitrogen and oxygen atoms in total. The standard InChI is InChI=1S/C9H13NO7S/c11-3-4(12)9(16)17-6(3)5(13)7-10-2(1-18-7)8(14)15/h2-7,10-13H,1H2,(H,14,15)/t2-,3+,4-,5+,6-,7-/m0/s1. The van der Waals surface area contributed by atoms with Crippen LogP contribution in [0.25, 0.3) is 0 Å². The summed E-state index contributed by atoms with van der Waals surface area (Å²) in [7, 11) is 0. The number of ether oxygens (including phenoxy) is 1. The van der Waals surface area contributed by atoms with Crippen LogP contribution in [0, 0.1) is 0 Å². The zero-order chi connectivity index (χ0) is 13.4. The van der Waals surface area contributed by atoms with Gasteiger partial charge in [-0.25, -0.2) is 4.79 Å². The lowest BCUT2D eigenvalue weighted by atomic mass is 10.1. The summed E-state index contributed by atoms with van der Waals surface area (Å²) in [5, 5.41) is 39.4. The fourth-order valence-corrected chi connectivity index (χ4v) is 3.12. The minimum absolute atomic E-state index is 0.260. The van der Waals surface area contributed by atoms with Crippen molar-refractivity contribution in [3.63, 3.8) is 0 Å². The molecule has 0 saturated carbocycles. The third-order valence-electron chi connectivity index (χ3n) is 2.91. The molecule has 0 unspecified atom stereocenters. The van der Waals surface area contributed by atoms with Crippen LogP contribution in [0.2, 0.25) is 0 Å². The lowest BCUT2D eigenvalue weighted by Gasteiger charge is -2.24. The van der Waals surface area contributed by atoms with Crippen LogP contribution in [0.15, 0.2) is 0 Å². The fraction of sp³-hybridized carbons (Fsp3) is 0.778. The molecule has 0 aromatic rings. The van der Waals surface area contributed by atoms with Crippen LogP contribution in [-0.2, 0) is 14.3 Å². The fourth-order valence-electron chi connectivity index (χ4n) is 1.87. The largest absolute Gasteiger partial charge is 0.480 e. The van der Waals surface area contributed by atoms with E-state index in [9.17, 15) is 24.9 Å². The molecular weight excluding hydrogens is 266 g/mol. The van der Waals surface area contributed by atoms with Gasteiger partial charge < -0.3 is 25.2 Å². The molecule has 0 spiro atoms. The highest BCUT2D eigenvalue weighted by Crippen LogP contribution is 2.28. The van der Waals surface area contributed by atoms with E-state index in [-0.39, 0.29) is 5.75 Å². The average Bonchev–Trinajstić information content (AvgIpc) is 2.90. The molecule has 2 heterocycles. The van der Waals surface area contributed by atoms with Crippen LogP contribution in [0.5, 0.6) is 0 Å². The number of hydrogen-bond acceptors (Lipinski definition) is 8. The lowest BCUT2D eigenvalue weighted by Crippen LogP contribution is -2.49. The van der Waals surface area contributed by atoms with Crippen LogP contribution in [0.1, 0.15) is 0 Å². The molecule has 0 aliphatic carbocycles. The Balaban J connectivity index is 1.98. The number of thioether (sulfide) groups is 1. The van der Waals surface area contributed by atoms with Crippen LogP contribution >= 0.6 is 11.8 Å². The molecule has 0 aromatic carbocycles. The normalized spacial score (nSPS) is 41.7. The number of carboxylic acid groups (broad SMARTS) is 1. The Bertz CT molecular complexity index is 365. The van der Waals surface area contributed by atoms with Gasteiger partial charge in [-0.1, -0.05) is 0 Å².